The highest BCUT2D eigenvalue weighted by atomic mass is 19.1. The first kappa shape index (κ1) is 21.9. The highest BCUT2D eigenvalue weighted by molar-refractivity contribution is 6.06. The molecule has 33 heavy (non-hydrogen) atoms. The number of amides is 1. The van der Waals surface area contributed by atoms with Crippen molar-refractivity contribution < 1.29 is 18.3 Å². The standard InChI is InChI=1S/C25H19F2N3O3/c1-15-23(31)22(16-6-5-7-19(14-16)33-2)24(28-25(32)20-8-3-4-9-21(20)27)30(29-15)18-12-10-17(26)11-13-18/h3-14H,1-2H3,(H,28,32). The molecule has 0 saturated heterocycles. The van der Waals surface area contributed by atoms with Crippen molar-refractivity contribution in [2.75, 3.05) is 12.4 Å². The predicted molar refractivity (Wildman–Crippen MR) is 121 cm³/mol. The minimum Gasteiger partial charge on any atom is -0.497 e. The quantitative estimate of drug-likeness (QED) is 0.479. The van der Waals surface area contributed by atoms with E-state index in [0.29, 0.717) is 17.0 Å². The summed E-state index contributed by atoms with van der Waals surface area (Å²) in [7, 11) is 1.49. The Bertz CT molecular complexity index is 1400. The van der Waals surface area contributed by atoms with Gasteiger partial charge in [-0.1, -0.05) is 24.3 Å². The number of nitrogens with zero attached hydrogens (tertiary/aromatic N) is 2. The lowest BCUT2D eigenvalue weighted by atomic mass is 10.0. The van der Waals surface area contributed by atoms with E-state index < -0.39 is 23.0 Å². The summed E-state index contributed by atoms with van der Waals surface area (Å²) in [6, 6.07) is 17.6. The lowest BCUT2D eigenvalue weighted by molar-refractivity contribution is 0.102. The highest BCUT2D eigenvalue weighted by Gasteiger charge is 2.22. The third-order valence-corrected chi connectivity index (χ3v) is 5.03. The van der Waals surface area contributed by atoms with Gasteiger partial charge in [-0.15, -0.1) is 0 Å². The first-order valence-electron chi connectivity index (χ1n) is 9.99. The van der Waals surface area contributed by atoms with Crippen LogP contribution < -0.4 is 15.5 Å². The molecule has 4 aromatic rings. The molecule has 0 saturated carbocycles. The molecule has 0 spiro atoms. The van der Waals surface area contributed by atoms with Crippen LogP contribution >= 0.6 is 0 Å². The molecular weight excluding hydrogens is 428 g/mol. The fourth-order valence-electron chi connectivity index (χ4n) is 3.39. The summed E-state index contributed by atoms with van der Waals surface area (Å²) in [6.45, 7) is 1.54. The third-order valence-electron chi connectivity index (χ3n) is 5.03. The molecule has 4 rings (SSSR count). The Morgan fingerprint density at radius 3 is 2.42 bits per heavy atom. The largest absolute Gasteiger partial charge is 0.497 e. The minimum absolute atomic E-state index is 0.0127. The number of methoxy groups -OCH3 is 1. The SMILES string of the molecule is COc1cccc(-c2c(NC(=O)c3ccccc3F)n(-c3ccc(F)cc3)nc(C)c2=O)c1. The van der Waals surface area contributed by atoms with Crippen molar-refractivity contribution in [1.29, 1.82) is 0 Å². The molecule has 0 aliphatic heterocycles. The molecule has 0 aliphatic rings. The maximum atomic E-state index is 14.3. The van der Waals surface area contributed by atoms with Gasteiger partial charge in [-0.25, -0.2) is 13.5 Å². The normalized spacial score (nSPS) is 10.7. The van der Waals surface area contributed by atoms with Gasteiger partial charge in [-0.3, -0.25) is 9.59 Å². The van der Waals surface area contributed by atoms with Gasteiger partial charge in [0.05, 0.1) is 23.9 Å². The molecular formula is C25H19F2N3O3. The zero-order valence-electron chi connectivity index (χ0n) is 17.8. The number of rotatable bonds is 5. The van der Waals surface area contributed by atoms with Gasteiger partial charge in [-0.2, -0.15) is 5.10 Å². The Kier molecular flexibility index (Phi) is 5.99. The van der Waals surface area contributed by atoms with Gasteiger partial charge in [0, 0.05) is 0 Å². The summed E-state index contributed by atoms with van der Waals surface area (Å²) in [4.78, 5) is 26.2. The van der Waals surface area contributed by atoms with Crippen LogP contribution in [-0.4, -0.2) is 22.8 Å². The zero-order valence-corrected chi connectivity index (χ0v) is 17.8. The van der Waals surface area contributed by atoms with Crippen LogP contribution in [0.15, 0.2) is 77.6 Å². The summed E-state index contributed by atoms with van der Waals surface area (Å²) in [5, 5.41) is 6.95. The molecule has 0 atom stereocenters. The second-order valence-corrected chi connectivity index (χ2v) is 7.19. The number of carbonyl (C=O) groups is 1. The molecule has 0 radical (unpaired) electrons. The van der Waals surface area contributed by atoms with Crippen LogP contribution in [0, 0.1) is 18.6 Å². The average Bonchev–Trinajstić information content (AvgIpc) is 2.82. The summed E-state index contributed by atoms with van der Waals surface area (Å²) in [5.74, 6) is -1.42. The smallest absolute Gasteiger partial charge is 0.259 e. The van der Waals surface area contributed by atoms with Crippen LogP contribution in [0.1, 0.15) is 16.1 Å². The van der Waals surface area contributed by atoms with Gasteiger partial charge >= 0.3 is 0 Å². The fraction of sp³-hybridized carbons (Fsp3) is 0.0800. The van der Waals surface area contributed by atoms with Crippen molar-refractivity contribution in [3.63, 3.8) is 0 Å². The third kappa shape index (κ3) is 4.36. The van der Waals surface area contributed by atoms with Crippen molar-refractivity contribution in [2.45, 2.75) is 6.92 Å². The van der Waals surface area contributed by atoms with E-state index >= 15 is 0 Å². The summed E-state index contributed by atoms with van der Waals surface area (Å²) in [6.07, 6.45) is 0. The number of ether oxygens (including phenoxy) is 1. The Morgan fingerprint density at radius 1 is 1.00 bits per heavy atom. The van der Waals surface area contributed by atoms with Crippen LogP contribution in [0.4, 0.5) is 14.6 Å². The first-order valence-corrected chi connectivity index (χ1v) is 9.99. The maximum Gasteiger partial charge on any atom is 0.259 e. The molecule has 0 bridgehead atoms. The lowest BCUT2D eigenvalue weighted by Gasteiger charge is -2.19. The summed E-state index contributed by atoms with van der Waals surface area (Å²) >= 11 is 0. The number of nitrogens with one attached hydrogen (secondary N) is 1. The van der Waals surface area contributed by atoms with Crippen molar-refractivity contribution in [2.24, 2.45) is 0 Å². The molecule has 1 heterocycles. The Morgan fingerprint density at radius 2 is 1.73 bits per heavy atom. The Balaban J connectivity index is 1.98. The fourth-order valence-corrected chi connectivity index (χ4v) is 3.39. The Labute approximate surface area is 188 Å². The van der Waals surface area contributed by atoms with Crippen LogP contribution in [-0.2, 0) is 0 Å². The van der Waals surface area contributed by atoms with E-state index in [1.54, 1.807) is 24.3 Å². The number of hydrogen-bond acceptors (Lipinski definition) is 4. The monoisotopic (exact) mass is 447 g/mol. The van der Waals surface area contributed by atoms with E-state index in [2.05, 4.69) is 10.4 Å². The number of benzene rings is 3. The number of carbonyl (C=O) groups excluding carboxylic acids is 1. The van der Waals surface area contributed by atoms with E-state index in [9.17, 15) is 18.4 Å². The molecule has 0 fully saturated rings. The average molecular weight is 447 g/mol. The van der Waals surface area contributed by atoms with Crippen molar-refractivity contribution >= 4 is 11.7 Å². The highest BCUT2D eigenvalue weighted by Crippen LogP contribution is 2.30. The number of aryl methyl sites for hydroxylation is 1. The predicted octanol–water partition coefficient (Wildman–Crippen LogP) is 4.75. The van der Waals surface area contributed by atoms with Gasteiger partial charge in [0.25, 0.3) is 5.91 Å². The van der Waals surface area contributed by atoms with Gasteiger partial charge in [0.2, 0.25) is 5.43 Å². The zero-order chi connectivity index (χ0) is 23.5. The first-order chi connectivity index (χ1) is 15.9. The van der Waals surface area contributed by atoms with E-state index in [-0.39, 0.29) is 22.6 Å². The number of halogens is 2. The summed E-state index contributed by atoms with van der Waals surface area (Å²) in [5.41, 5.74) is 0.520. The molecule has 166 valence electrons. The molecule has 1 N–H and O–H groups in total. The molecule has 1 amide bonds. The molecule has 0 unspecified atom stereocenters. The Hall–Kier alpha value is -4.33. The van der Waals surface area contributed by atoms with Crippen molar-refractivity contribution in [3.8, 4) is 22.6 Å². The molecule has 0 aliphatic carbocycles. The topological polar surface area (TPSA) is 73.2 Å². The van der Waals surface area contributed by atoms with Crippen LogP contribution in [0.2, 0.25) is 0 Å². The second-order valence-electron chi connectivity index (χ2n) is 7.19. The summed E-state index contributed by atoms with van der Waals surface area (Å²) < 4.78 is 34.4. The second kappa shape index (κ2) is 9.04. The maximum absolute atomic E-state index is 14.3. The van der Waals surface area contributed by atoms with E-state index in [1.165, 1.54) is 67.2 Å². The van der Waals surface area contributed by atoms with Gasteiger partial charge < -0.3 is 10.1 Å². The lowest BCUT2D eigenvalue weighted by Crippen LogP contribution is -2.25. The van der Waals surface area contributed by atoms with E-state index in [1.807, 2.05) is 0 Å². The number of aromatic nitrogens is 2. The van der Waals surface area contributed by atoms with Gasteiger partial charge in [0.15, 0.2) is 0 Å². The van der Waals surface area contributed by atoms with Crippen LogP contribution in [0.25, 0.3) is 16.8 Å². The molecule has 3 aromatic carbocycles. The van der Waals surface area contributed by atoms with E-state index in [0.717, 1.165) is 0 Å². The number of hydrogen-bond donors (Lipinski definition) is 1. The minimum atomic E-state index is -0.766. The number of anilines is 1. The molecule has 1 aromatic heterocycles. The van der Waals surface area contributed by atoms with Gasteiger partial charge in [0.1, 0.15) is 28.9 Å². The van der Waals surface area contributed by atoms with E-state index in [4.69, 9.17) is 4.74 Å². The van der Waals surface area contributed by atoms with Gasteiger partial charge in [-0.05, 0) is 61.0 Å². The molecule has 6 nitrogen and oxygen atoms in total. The van der Waals surface area contributed by atoms with Crippen LogP contribution in [0.3, 0.4) is 0 Å². The van der Waals surface area contributed by atoms with Crippen molar-refractivity contribution in [1.82, 2.24) is 9.78 Å². The van der Waals surface area contributed by atoms with Crippen molar-refractivity contribution in [3.05, 3.63) is 106 Å². The molecule has 8 heteroatoms. The van der Waals surface area contributed by atoms with Crippen LogP contribution in [0.5, 0.6) is 5.75 Å².